The number of ether oxygens (including phenoxy) is 1. The van der Waals surface area contributed by atoms with Crippen molar-refractivity contribution in [1.29, 1.82) is 0 Å². The number of anilines is 3. The number of benzene rings is 2. The van der Waals surface area contributed by atoms with Crippen LogP contribution in [0.3, 0.4) is 0 Å². The Morgan fingerprint density at radius 1 is 1.11 bits per heavy atom. The molecule has 3 rings (SSSR count). The lowest BCUT2D eigenvalue weighted by molar-refractivity contribution is 0.0601. The summed E-state index contributed by atoms with van der Waals surface area (Å²) in [6, 6.07) is 14.3. The van der Waals surface area contributed by atoms with Crippen molar-refractivity contribution in [3.63, 3.8) is 0 Å². The lowest BCUT2D eigenvalue weighted by Crippen LogP contribution is -2.11. The van der Waals surface area contributed by atoms with E-state index < -0.39 is 17.6 Å². The largest absolute Gasteiger partial charge is 0.465 e. The van der Waals surface area contributed by atoms with E-state index in [-0.39, 0.29) is 11.3 Å². The van der Waals surface area contributed by atoms with Crippen molar-refractivity contribution in [3.8, 4) is 0 Å². The number of hydrogen-bond donors (Lipinski definition) is 2. The standard InChI is InChI=1S/C20H17F2N3O2/c1-27-20(26)16-10-15(25-18-8-7-14(21)9-17(18)22)12-24-19(16)23-11-13-5-3-2-4-6-13/h2-10,12,25H,11H2,1H3,(H,23,24). The number of nitrogens with zero attached hydrogens (tertiary/aromatic N) is 1. The molecule has 0 aliphatic carbocycles. The summed E-state index contributed by atoms with van der Waals surface area (Å²) in [7, 11) is 1.27. The molecule has 0 amide bonds. The summed E-state index contributed by atoms with van der Waals surface area (Å²) in [5, 5.41) is 5.87. The van der Waals surface area contributed by atoms with Crippen LogP contribution in [0, 0.1) is 11.6 Å². The van der Waals surface area contributed by atoms with E-state index in [1.54, 1.807) is 0 Å². The molecule has 0 atom stereocenters. The summed E-state index contributed by atoms with van der Waals surface area (Å²) in [4.78, 5) is 16.3. The Hall–Kier alpha value is -3.48. The zero-order chi connectivity index (χ0) is 19.2. The number of carbonyl (C=O) groups excluding carboxylic acids is 1. The van der Waals surface area contributed by atoms with Gasteiger partial charge in [-0.2, -0.15) is 0 Å². The van der Waals surface area contributed by atoms with Crippen molar-refractivity contribution in [2.24, 2.45) is 0 Å². The Balaban J connectivity index is 1.84. The Bertz CT molecular complexity index is 949. The summed E-state index contributed by atoms with van der Waals surface area (Å²) < 4.78 is 31.7. The third-order valence-corrected chi connectivity index (χ3v) is 3.81. The molecule has 0 spiro atoms. The Labute approximate surface area is 155 Å². The lowest BCUT2D eigenvalue weighted by Gasteiger charge is -2.13. The molecular formula is C20H17F2N3O2. The van der Waals surface area contributed by atoms with Crippen LogP contribution in [0.1, 0.15) is 15.9 Å². The minimum absolute atomic E-state index is 0.0685. The second-order valence-corrected chi connectivity index (χ2v) is 5.70. The number of esters is 1. The molecule has 0 saturated heterocycles. The monoisotopic (exact) mass is 369 g/mol. The molecule has 0 aliphatic heterocycles. The third-order valence-electron chi connectivity index (χ3n) is 3.81. The van der Waals surface area contributed by atoms with Crippen LogP contribution in [0.15, 0.2) is 60.8 Å². The number of aromatic nitrogens is 1. The highest BCUT2D eigenvalue weighted by molar-refractivity contribution is 5.95. The number of rotatable bonds is 6. The smallest absolute Gasteiger partial charge is 0.341 e. The highest BCUT2D eigenvalue weighted by Crippen LogP contribution is 2.24. The van der Waals surface area contributed by atoms with Crippen LogP contribution >= 0.6 is 0 Å². The first-order valence-electron chi connectivity index (χ1n) is 8.15. The first kappa shape index (κ1) is 18.3. The second-order valence-electron chi connectivity index (χ2n) is 5.70. The maximum Gasteiger partial charge on any atom is 0.341 e. The molecule has 2 aromatic carbocycles. The van der Waals surface area contributed by atoms with Gasteiger partial charge in [-0.15, -0.1) is 0 Å². The van der Waals surface area contributed by atoms with E-state index in [1.165, 1.54) is 25.4 Å². The maximum absolute atomic E-state index is 13.8. The molecule has 1 heterocycles. The zero-order valence-corrected chi connectivity index (χ0v) is 14.5. The lowest BCUT2D eigenvalue weighted by atomic mass is 10.2. The number of carbonyl (C=O) groups is 1. The number of nitrogens with one attached hydrogen (secondary N) is 2. The summed E-state index contributed by atoms with van der Waals surface area (Å²) >= 11 is 0. The third kappa shape index (κ3) is 4.58. The molecule has 5 nitrogen and oxygen atoms in total. The van der Waals surface area contributed by atoms with E-state index in [1.807, 2.05) is 30.3 Å². The van der Waals surface area contributed by atoms with Gasteiger partial charge < -0.3 is 15.4 Å². The summed E-state index contributed by atoms with van der Waals surface area (Å²) in [6.07, 6.45) is 1.45. The molecule has 0 bridgehead atoms. The summed E-state index contributed by atoms with van der Waals surface area (Å²) in [5.41, 5.74) is 1.65. The van der Waals surface area contributed by atoms with Gasteiger partial charge in [0.05, 0.1) is 24.7 Å². The fraction of sp³-hybridized carbons (Fsp3) is 0.100. The predicted molar refractivity (Wildman–Crippen MR) is 99.0 cm³/mol. The van der Waals surface area contributed by atoms with Crippen molar-refractivity contribution in [1.82, 2.24) is 4.98 Å². The minimum Gasteiger partial charge on any atom is -0.465 e. The van der Waals surface area contributed by atoms with Gasteiger partial charge in [0.1, 0.15) is 23.0 Å². The van der Waals surface area contributed by atoms with Gasteiger partial charge >= 0.3 is 5.97 Å². The maximum atomic E-state index is 13.8. The van der Waals surface area contributed by atoms with Crippen LogP contribution in [-0.4, -0.2) is 18.1 Å². The molecule has 7 heteroatoms. The van der Waals surface area contributed by atoms with E-state index in [0.717, 1.165) is 17.7 Å². The summed E-state index contributed by atoms with van der Waals surface area (Å²) in [5.74, 6) is -1.66. The van der Waals surface area contributed by atoms with Crippen LogP contribution in [-0.2, 0) is 11.3 Å². The van der Waals surface area contributed by atoms with Crippen molar-refractivity contribution in [2.75, 3.05) is 17.7 Å². The number of methoxy groups -OCH3 is 1. The van der Waals surface area contributed by atoms with Crippen LogP contribution < -0.4 is 10.6 Å². The van der Waals surface area contributed by atoms with Gasteiger partial charge in [-0.3, -0.25) is 0 Å². The first-order valence-corrected chi connectivity index (χ1v) is 8.15. The quantitative estimate of drug-likeness (QED) is 0.627. The van der Waals surface area contributed by atoms with Gasteiger partial charge in [0, 0.05) is 12.6 Å². The molecule has 1 aromatic heterocycles. The molecule has 2 N–H and O–H groups in total. The molecule has 0 radical (unpaired) electrons. The SMILES string of the molecule is COC(=O)c1cc(Nc2ccc(F)cc2F)cnc1NCc1ccccc1. The first-order chi connectivity index (χ1) is 13.1. The molecule has 138 valence electrons. The summed E-state index contributed by atoms with van der Waals surface area (Å²) in [6.45, 7) is 0.469. The van der Waals surface area contributed by atoms with Crippen LogP contribution in [0.25, 0.3) is 0 Å². The molecule has 3 aromatic rings. The van der Waals surface area contributed by atoms with Crippen molar-refractivity contribution in [3.05, 3.63) is 83.6 Å². The van der Waals surface area contributed by atoms with Crippen LogP contribution in [0.5, 0.6) is 0 Å². The molecular weight excluding hydrogens is 352 g/mol. The van der Waals surface area contributed by atoms with Gasteiger partial charge in [-0.05, 0) is 23.8 Å². The molecule has 0 unspecified atom stereocenters. The van der Waals surface area contributed by atoms with Crippen LogP contribution in [0.4, 0.5) is 26.0 Å². The van der Waals surface area contributed by atoms with Gasteiger partial charge in [0.15, 0.2) is 0 Å². The van der Waals surface area contributed by atoms with Crippen molar-refractivity contribution >= 4 is 23.2 Å². The fourth-order valence-corrected chi connectivity index (χ4v) is 2.47. The molecule has 0 fully saturated rings. The van der Waals surface area contributed by atoms with Crippen molar-refractivity contribution in [2.45, 2.75) is 6.54 Å². The highest BCUT2D eigenvalue weighted by Gasteiger charge is 2.15. The van der Waals surface area contributed by atoms with E-state index >= 15 is 0 Å². The van der Waals surface area contributed by atoms with E-state index in [9.17, 15) is 13.6 Å². The average Bonchev–Trinajstić information content (AvgIpc) is 2.69. The van der Waals surface area contributed by atoms with E-state index in [0.29, 0.717) is 18.1 Å². The number of halogens is 2. The minimum atomic E-state index is -0.749. The van der Waals surface area contributed by atoms with Crippen LogP contribution in [0.2, 0.25) is 0 Å². The van der Waals surface area contributed by atoms with Gasteiger partial charge in [-0.25, -0.2) is 18.6 Å². The van der Waals surface area contributed by atoms with E-state index in [2.05, 4.69) is 15.6 Å². The van der Waals surface area contributed by atoms with Gasteiger partial charge in [-0.1, -0.05) is 30.3 Å². The zero-order valence-electron chi connectivity index (χ0n) is 14.5. The Morgan fingerprint density at radius 3 is 2.59 bits per heavy atom. The number of hydrogen-bond acceptors (Lipinski definition) is 5. The van der Waals surface area contributed by atoms with E-state index in [4.69, 9.17) is 4.74 Å². The normalized spacial score (nSPS) is 10.3. The Kier molecular flexibility index (Phi) is 5.61. The highest BCUT2D eigenvalue weighted by atomic mass is 19.1. The molecule has 0 aliphatic rings. The van der Waals surface area contributed by atoms with Gasteiger partial charge in [0.2, 0.25) is 0 Å². The Morgan fingerprint density at radius 2 is 1.89 bits per heavy atom. The molecule has 27 heavy (non-hydrogen) atoms. The number of pyridine rings is 1. The predicted octanol–water partition coefficient (Wildman–Crippen LogP) is 4.50. The van der Waals surface area contributed by atoms with Crippen molar-refractivity contribution < 1.29 is 18.3 Å². The average molecular weight is 369 g/mol. The fourth-order valence-electron chi connectivity index (χ4n) is 2.47. The van der Waals surface area contributed by atoms with Gasteiger partial charge in [0.25, 0.3) is 0 Å². The second kappa shape index (κ2) is 8.27. The molecule has 0 saturated carbocycles. The topological polar surface area (TPSA) is 63.2 Å².